The van der Waals surface area contributed by atoms with E-state index in [0.29, 0.717) is 4.47 Å². The zero-order valence-electron chi connectivity index (χ0n) is 8.85. The van der Waals surface area contributed by atoms with E-state index >= 15 is 0 Å². The number of rotatable bonds is 3. The summed E-state index contributed by atoms with van der Waals surface area (Å²) in [5.74, 6) is -0.232. The summed E-state index contributed by atoms with van der Waals surface area (Å²) in [4.78, 5) is 2.99. The highest BCUT2D eigenvalue weighted by Crippen LogP contribution is 2.24. The number of anilines is 1. The van der Waals surface area contributed by atoms with E-state index in [1.165, 1.54) is 11.6 Å². The van der Waals surface area contributed by atoms with Crippen LogP contribution in [0.5, 0.6) is 0 Å². The Morgan fingerprint density at radius 2 is 2.25 bits per heavy atom. The first-order valence-corrected chi connectivity index (χ1v) is 5.77. The van der Waals surface area contributed by atoms with Crippen LogP contribution in [0.25, 0.3) is 0 Å². The van der Waals surface area contributed by atoms with Crippen LogP contribution >= 0.6 is 15.9 Å². The molecule has 4 heteroatoms. The van der Waals surface area contributed by atoms with Gasteiger partial charge in [-0.3, -0.25) is 0 Å². The number of aromatic nitrogens is 1. The second kappa shape index (κ2) is 4.70. The summed E-state index contributed by atoms with van der Waals surface area (Å²) >= 11 is 3.18. The van der Waals surface area contributed by atoms with Crippen LogP contribution in [0, 0.1) is 12.7 Å². The van der Waals surface area contributed by atoms with Crippen molar-refractivity contribution >= 4 is 21.6 Å². The number of hydrogen-bond acceptors (Lipinski definition) is 1. The van der Waals surface area contributed by atoms with Crippen LogP contribution in [-0.4, -0.2) is 4.98 Å². The second-order valence-electron chi connectivity index (χ2n) is 3.65. The Morgan fingerprint density at radius 1 is 1.44 bits per heavy atom. The Bertz CT molecular complexity index is 480. The molecule has 0 fully saturated rings. The van der Waals surface area contributed by atoms with E-state index in [1.54, 1.807) is 6.07 Å². The van der Waals surface area contributed by atoms with Crippen molar-refractivity contribution in [3.8, 4) is 0 Å². The predicted octanol–water partition coefficient (Wildman–Crippen LogP) is 3.84. The molecule has 1 aromatic heterocycles. The van der Waals surface area contributed by atoms with Gasteiger partial charge in [0.15, 0.2) is 0 Å². The Hall–Kier alpha value is -1.29. The van der Waals surface area contributed by atoms with Gasteiger partial charge < -0.3 is 10.3 Å². The van der Waals surface area contributed by atoms with Gasteiger partial charge in [0.25, 0.3) is 0 Å². The SMILES string of the molecule is Cc1cc(F)c(Br)cc1NCc1cc[nH]c1. The molecular formula is C12H12BrFN2. The van der Waals surface area contributed by atoms with E-state index in [9.17, 15) is 4.39 Å². The summed E-state index contributed by atoms with van der Waals surface area (Å²) in [6.07, 6.45) is 3.81. The Kier molecular flexibility index (Phi) is 3.29. The van der Waals surface area contributed by atoms with Crippen LogP contribution < -0.4 is 5.32 Å². The van der Waals surface area contributed by atoms with Gasteiger partial charge in [-0.05, 0) is 52.2 Å². The molecule has 1 aromatic carbocycles. The van der Waals surface area contributed by atoms with Crippen LogP contribution in [0.2, 0.25) is 0 Å². The molecule has 0 spiro atoms. The molecule has 2 rings (SSSR count). The Balaban J connectivity index is 2.12. The molecule has 84 valence electrons. The van der Waals surface area contributed by atoms with Gasteiger partial charge >= 0.3 is 0 Å². The van der Waals surface area contributed by atoms with E-state index in [1.807, 2.05) is 25.4 Å². The molecule has 2 nitrogen and oxygen atoms in total. The number of aryl methyl sites for hydroxylation is 1. The lowest BCUT2D eigenvalue weighted by molar-refractivity contribution is 0.620. The molecule has 0 saturated carbocycles. The highest BCUT2D eigenvalue weighted by molar-refractivity contribution is 9.10. The van der Waals surface area contributed by atoms with Crippen molar-refractivity contribution in [2.45, 2.75) is 13.5 Å². The van der Waals surface area contributed by atoms with Crippen LogP contribution in [0.1, 0.15) is 11.1 Å². The Morgan fingerprint density at radius 3 is 2.94 bits per heavy atom. The molecule has 0 bridgehead atoms. The van der Waals surface area contributed by atoms with Crippen molar-refractivity contribution in [3.63, 3.8) is 0 Å². The van der Waals surface area contributed by atoms with Crippen molar-refractivity contribution in [2.24, 2.45) is 0 Å². The number of halogens is 2. The third-order valence-corrected chi connectivity index (χ3v) is 3.02. The first-order chi connectivity index (χ1) is 7.66. The number of nitrogens with one attached hydrogen (secondary N) is 2. The second-order valence-corrected chi connectivity index (χ2v) is 4.51. The maximum Gasteiger partial charge on any atom is 0.137 e. The van der Waals surface area contributed by atoms with Crippen molar-refractivity contribution in [3.05, 3.63) is 52.0 Å². The van der Waals surface area contributed by atoms with E-state index in [0.717, 1.165) is 17.8 Å². The molecule has 0 aliphatic rings. The molecule has 0 atom stereocenters. The fourth-order valence-electron chi connectivity index (χ4n) is 1.50. The minimum Gasteiger partial charge on any atom is -0.381 e. The highest BCUT2D eigenvalue weighted by atomic mass is 79.9. The number of aromatic amines is 1. The van der Waals surface area contributed by atoms with E-state index < -0.39 is 0 Å². The third-order valence-electron chi connectivity index (χ3n) is 2.41. The van der Waals surface area contributed by atoms with Gasteiger partial charge in [-0.25, -0.2) is 4.39 Å². The van der Waals surface area contributed by atoms with Gasteiger partial charge in [-0.15, -0.1) is 0 Å². The van der Waals surface area contributed by atoms with Crippen LogP contribution in [-0.2, 0) is 6.54 Å². The first-order valence-electron chi connectivity index (χ1n) is 4.98. The molecule has 0 saturated heterocycles. The minimum absolute atomic E-state index is 0.232. The number of H-pyrrole nitrogens is 1. The normalized spacial score (nSPS) is 10.4. The molecule has 0 radical (unpaired) electrons. The molecule has 0 aliphatic carbocycles. The molecule has 0 unspecified atom stereocenters. The van der Waals surface area contributed by atoms with E-state index in [2.05, 4.69) is 26.2 Å². The summed E-state index contributed by atoms with van der Waals surface area (Å²) < 4.78 is 13.7. The minimum atomic E-state index is -0.232. The third kappa shape index (κ3) is 2.44. The largest absolute Gasteiger partial charge is 0.381 e. The number of hydrogen-bond donors (Lipinski definition) is 2. The average molecular weight is 283 g/mol. The van der Waals surface area contributed by atoms with Gasteiger partial charge in [0.05, 0.1) is 4.47 Å². The lowest BCUT2D eigenvalue weighted by Crippen LogP contribution is -2.00. The van der Waals surface area contributed by atoms with Crippen molar-refractivity contribution < 1.29 is 4.39 Å². The summed E-state index contributed by atoms with van der Waals surface area (Å²) in [5.41, 5.74) is 3.01. The maximum absolute atomic E-state index is 13.2. The summed E-state index contributed by atoms with van der Waals surface area (Å²) in [6, 6.07) is 5.28. The molecule has 2 N–H and O–H groups in total. The average Bonchev–Trinajstić information content (AvgIpc) is 2.74. The standard InChI is InChI=1S/C12H12BrFN2/c1-8-4-11(14)10(13)5-12(8)16-7-9-2-3-15-6-9/h2-6,15-16H,7H2,1H3. The smallest absolute Gasteiger partial charge is 0.137 e. The van der Waals surface area contributed by atoms with Crippen LogP contribution in [0.4, 0.5) is 10.1 Å². The van der Waals surface area contributed by atoms with Gasteiger partial charge in [0.2, 0.25) is 0 Å². The molecular weight excluding hydrogens is 271 g/mol. The fraction of sp³-hybridized carbons (Fsp3) is 0.167. The van der Waals surface area contributed by atoms with Crippen molar-refractivity contribution in [1.29, 1.82) is 0 Å². The van der Waals surface area contributed by atoms with Crippen LogP contribution in [0.15, 0.2) is 35.1 Å². The Labute approximate surface area is 102 Å². The van der Waals surface area contributed by atoms with Gasteiger partial charge in [0.1, 0.15) is 5.82 Å². The van der Waals surface area contributed by atoms with Gasteiger partial charge in [-0.1, -0.05) is 0 Å². The summed E-state index contributed by atoms with van der Waals surface area (Å²) in [7, 11) is 0. The number of benzene rings is 1. The maximum atomic E-state index is 13.2. The van der Waals surface area contributed by atoms with Crippen molar-refractivity contribution in [1.82, 2.24) is 4.98 Å². The van der Waals surface area contributed by atoms with Crippen LogP contribution in [0.3, 0.4) is 0 Å². The fourth-order valence-corrected chi connectivity index (χ4v) is 1.85. The zero-order chi connectivity index (χ0) is 11.5. The lowest BCUT2D eigenvalue weighted by Gasteiger charge is -2.09. The predicted molar refractivity (Wildman–Crippen MR) is 67.0 cm³/mol. The molecule has 1 heterocycles. The molecule has 0 aliphatic heterocycles. The zero-order valence-corrected chi connectivity index (χ0v) is 10.4. The molecule has 0 amide bonds. The summed E-state index contributed by atoms with van der Waals surface area (Å²) in [6.45, 7) is 2.61. The van der Waals surface area contributed by atoms with E-state index in [-0.39, 0.29) is 5.82 Å². The highest BCUT2D eigenvalue weighted by Gasteiger charge is 2.04. The quantitative estimate of drug-likeness (QED) is 0.880. The topological polar surface area (TPSA) is 27.8 Å². The van der Waals surface area contributed by atoms with Gasteiger partial charge in [-0.2, -0.15) is 0 Å². The lowest BCUT2D eigenvalue weighted by atomic mass is 10.2. The van der Waals surface area contributed by atoms with Gasteiger partial charge in [0, 0.05) is 24.6 Å². The van der Waals surface area contributed by atoms with Crippen molar-refractivity contribution in [2.75, 3.05) is 5.32 Å². The molecule has 2 aromatic rings. The van der Waals surface area contributed by atoms with E-state index in [4.69, 9.17) is 0 Å². The summed E-state index contributed by atoms with van der Waals surface area (Å²) in [5, 5.41) is 3.27. The first kappa shape index (κ1) is 11.2. The molecule has 16 heavy (non-hydrogen) atoms. The monoisotopic (exact) mass is 282 g/mol.